The van der Waals surface area contributed by atoms with E-state index in [2.05, 4.69) is 0 Å². The standard InChI is InChI=1S/C19H22N2O3S/c1-12-8-13(2)19(25(20,23)24)10-16(12)18(22)11-21-14(3)9-15-6-4-5-7-17(15)21/h4-10,12,16H,11H2,1-3H3,(H2,20,23,24). The van der Waals surface area contributed by atoms with Crippen molar-refractivity contribution >= 4 is 26.7 Å². The van der Waals surface area contributed by atoms with Crippen LogP contribution in [0.3, 0.4) is 0 Å². The van der Waals surface area contributed by atoms with E-state index < -0.39 is 15.9 Å². The van der Waals surface area contributed by atoms with E-state index >= 15 is 0 Å². The molecule has 1 aliphatic carbocycles. The van der Waals surface area contributed by atoms with Gasteiger partial charge in [-0.15, -0.1) is 0 Å². The van der Waals surface area contributed by atoms with Crippen molar-refractivity contribution in [2.75, 3.05) is 0 Å². The fourth-order valence-corrected chi connectivity index (χ4v) is 4.40. The van der Waals surface area contributed by atoms with Crippen LogP contribution >= 0.6 is 0 Å². The number of carbonyl (C=O) groups excluding carboxylic acids is 1. The second-order valence-corrected chi connectivity index (χ2v) is 8.24. The molecule has 2 N–H and O–H groups in total. The summed E-state index contributed by atoms with van der Waals surface area (Å²) < 4.78 is 25.5. The third-order valence-electron chi connectivity index (χ3n) is 4.81. The highest BCUT2D eigenvalue weighted by Crippen LogP contribution is 2.31. The lowest BCUT2D eigenvalue weighted by molar-refractivity contribution is -0.122. The average molecular weight is 358 g/mol. The third kappa shape index (κ3) is 3.32. The fourth-order valence-electron chi connectivity index (χ4n) is 3.55. The number of rotatable bonds is 4. The lowest BCUT2D eigenvalue weighted by atomic mass is 9.84. The van der Waals surface area contributed by atoms with Gasteiger partial charge in [0.15, 0.2) is 5.78 Å². The summed E-state index contributed by atoms with van der Waals surface area (Å²) in [6.07, 6.45) is 3.32. The molecule has 0 aliphatic heterocycles. The molecule has 3 rings (SSSR count). The zero-order valence-electron chi connectivity index (χ0n) is 14.6. The van der Waals surface area contributed by atoms with Gasteiger partial charge in [-0.1, -0.05) is 37.3 Å². The maximum atomic E-state index is 12.9. The summed E-state index contributed by atoms with van der Waals surface area (Å²) in [5.41, 5.74) is 2.60. The third-order valence-corrected chi connectivity index (χ3v) is 5.88. The maximum absolute atomic E-state index is 12.9. The number of para-hydroxylation sites is 1. The Morgan fingerprint density at radius 3 is 2.56 bits per heavy atom. The summed E-state index contributed by atoms with van der Waals surface area (Å²) in [5, 5.41) is 6.37. The van der Waals surface area contributed by atoms with Crippen LogP contribution in [0.2, 0.25) is 0 Å². The molecule has 0 amide bonds. The molecular formula is C19H22N2O3S. The Hall–Kier alpha value is -2.18. The number of Topliss-reactive ketones (excluding diaryl/α,β-unsaturated/α-hetero) is 1. The minimum atomic E-state index is -3.84. The van der Waals surface area contributed by atoms with Crippen molar-refractivity contribution in [2.45, 2.75) is 27.3 Å². The molecule has 1 heterocycles. The highest BCUT2D eigenvalue weighted by atomic mass is 32.2. The number of primary sulfonamides is 1. The Kier molecular flexibility index (Phi) is 4.43. The Morgan fingerprint density at radius 1 is 1.20 bits per heavy atom. The van der Waals surface area contributed by atoms with Crippen molar-refractivity contribution in [3.8, 4) is 0 Å². The van der Waals surface area contributed by atoms with Gasteiger partial charge >= 0.3 is 0 Å². The Balaban J connectivity index is 1.95. The molecule has 0 saturated heterocycles. The molecule has 1 aromatic carbocycles. The SMILES string of the molecule is CC1=CC(C)C(C(=O)Cn2c(C)cc3ccccc32)C=C1S(N)(=O)=O. The number of nitrogens with zero attached hydrogens (tertiary/aromatic N) is 1. The number of sulfonamides is 1. The first-order valence-electron chi connectivity index (χ1n) is 8.19. The van der Waals surface area contributed by atoms with Crippen LogP contribution in [0.1, 0.15) is 19.5 Å². The number of nitrogens with two attached hydrogens (primary N) is 1. The summed E-state index contributed by atoms with van der Waals surface area (Å²) in [6, 6.07) is 9.94. The maximum Gasteiger partial charge on any atom is 0.238 e. The lowest BCUT2D eigenvalue weighted by Gasteiger charge is -2.24. The van der Waals surface area contributed by atoms with Gasteiger partial charge in [-0.3, -0.25) is 4.79 Å². The predicted molar refractivity (Wildman–Crippen MR) is 99.3 cm³/mol. The van der Waals surface area contributed by atoms with Gasteiger partial charge in [-0.05, 0) is 42.9 Å². The number of carbonyl (C=O) groups is 1. The smallest absolute Gasteiger partial charge is 0.238 e. The summed E-state index contributed by atoms with van der Waals surface area (Å²) in [7, 11) is -3.84. The molecule has 2 aromatic rings. The number of hydrogen-bond donors (Lipinski definition) is 1. The van der Waals surface area contributed by atoms with Gasteiger partial charge in [0.25, 0.3) is 0 Å². The first-order chi connectivity index (χ1) is 11.7. The van der Waals surface area contributed by atoms with E-state index in [-0.39, 0.29) is 23.2 Å². The number of hydrogen-bond acceptors (Lipinski definition) is 3. The molecule has 6 heteroatoms. The van der Waals surface area contributed by atoms with Crippen LogP contribution < -0.4 is 5.14 Å². The van der Waals surface area contributed by atoms with Gasteiger partial charge in [0.1, 0.15) is 0 Å². The van der Waals surface area contributed by atoms with E-state index in [0.717, 1.165) is 16.6 Å². The van der Waals surface area contributed by atoms with E-state index in [9.17, 15) is 13.2 Å². The van der Waals surface area contributed by atoms with Crippen LogP contribution in [0.4, 0.5) is 0 Å². The second kappa shape index (κ2) is 6.28. The highest BCUT2D eigenvalue weighted by Gasteiger charge is 2.30. The molecule has 1 aliphatic rings. The summed E-state index contributed by atoms with van der Waals surface area (Å²) >= 11 is 0. The zero-order valence-corrected chi connectivity index (χ0v) is 15.4. The Bertz CT molecular complexity index is 1010. The van der Waals surface area contributed by atoms with Crippen molar-refractivity contribution in [1.29, 1.82) is 0 Å². The largest absolute Gasteiger partial charge is 0.337 e. The number of allylic oxidation sites excluding steroid dienone is 3. The normalized spacial score (nSPS) is 21.1. The van der Waals surface area contributed by atoms with Gasteiger partial charge in [0.2, 0.25) is 10.0 Å². The predicted octanol–water partition coefficient (Wildman–Crippen LogP) is 2.90. The van der Waals surface area contributed by atoms with Crippen molar-refractivity contribution in [3.05, 3.63) is 58.7 Å². The van der Waals surface area contributed by atoms with Crippen LogP contribution in [0.15, 0.2) is 53.0 Å². The molecule has 0 bridgehead atoms. The van der Waals surface area contributed by atoms with Crippen LogP contribution in [0, 0.1) is 18.8 Å². The average Bonchev–Trinajstić information content (AvgIpc) is 2.82. The molecule has 25 heavy (non-hydrogen) atoms. The number of aryl methyl sites for hydroxylation is 1. The van der Waals surface area contributed by atoms with E-state index in [0.29, 0.717) is 5.57 Å². The first-order valence-corrected chi connectivity index (χ1v) is 9.74. The second-order valence-electron chi connectivity index (χ2n) is 6.71. The molecule has 0 radical (unpaired) electrons. The van der Waals surface area contributed by atoms with Crippen LogP contribution in [-0.4, -0.2) is 18.8 Å². The molecule has 2 atom stereocenters. The lowest BCUT2D eigenvalue weighted by Crippen LogP contribution is -2.28. The van der Waals surface area contributed by atoms with Crippen LogP contribution in [0.25, 0.3) is 10.9 Å². The van der Waals surface area contributed by atoms with E-state index in [1.807, 2.05) is 54.8 Å². The molecule has 0 spiro atoms. The molecule has 0 saturated carbocycles. The number of ketones is 1. The summed E-state index contributed by atoms with van der Waals surface area (Å²) in [4.78, 5) is 13.0. The van der Waals surface area contributed by atoms with Crippen molar-refractivity contribution < 1.29 is 13.2 Å². The number of benzene rings is 1. The Morgan fingerprint density at radius 2 is 1.88 bits per heavy atom. The van der Waals surface area contributed by atoms with Crippen LogP contribution in [-0.2, 0) is 21.4 Å². The quantitative estimate of drug-likeness (QED) is 0.912. The summed E-state index contributed by atoms with van der Waals surface area (Å²) in [5.74, 6) is -0.598. The van der Waals surface area contributed by atoms with E-state index in [4.69, 9.17) is 5.14 Å². The number of aromatic nitrogens is 1. The van der Waals surface area contributed by atoms with E-state index in [1.165, 1.54) is 6.08 Å². The van der Waals surface area contributed by atoms with Gasteiger partial charge in [-0.25, -0.2) is 13.6 Å². The first kappa shape index (κ1) is 17.6. The van der Waals surface area contributed by atoms with Crippen molar-refractivity contribution in [1.82, 2.24) is 4.57 Å². The minimum Gasteiger partial charge on any atom is -0.337 e. The van der Waals surface area contributed by atoms with Gasteiger partial charge in [-0.2, -0.15) is 0 Å². The molecule has 1 aromatic heterocycles. The van der Waals surface area contributed by atoms with Crippen LogP contribution in [0.5, 0.6) is 0 Å². The monoisotopic (exact) mass is 358 g/mol. The fraction of sp³-hybridized carbons (Fsp3) is 0.316. The van der Waals surface area contributed by atoms with Gasteiger partial charge in [0, 0.05) is 17.1 Å². The topological polar surface area (TPSA) is 82.2 Å². The minimum absolute atomic E-state index is 0.0261. The zero-order chi connectivity index (χ0) is 18.4. The Labute approximate surface area is 147 Å². The van der Waals surface area contributed by atoms with Gasteiger partial charge in [0.05, 0.1) is 11.4 Å². The number of fused-ring (bicyclic) bond motifs is 1. The van der Waals surface area contributed by atoms with Gasteiger partial charge < -0.3 is 4.57 Å². The molecule has 0 fully saturated rings. The van der Waals surface area contributed by atoms with Crippen molar-refractivity contribution in [2.24, 2.45) is 17.0 Å². The molecule has 132 valence electrons. The molecule has 5 nitrogen and oxygen atoms in total. The van der Waals surface area contributed by atoms with Crippen molar-refractivity contribution in [3.63, 3.8) is 0 Å². The molecule has 2 unspecified atom stereocenters. The highest BCUT2D eigenvalue weighted by molar-refractivity contribution is 7.93. The van der Waals surface area contributed by atoms with E-state index in [1.54, 1.807) is 6.92 Å². The summed E-state index contributed by atoms with van der Waals surface area (Å²) in [6.45, 7) is 5.79. The molecular weight excluding hydrogens is 336 g/mol.